The lowest BCUT2D eigenvalue weighted by Crippen LogP contribution is -2.21. The van der Waals surface area contributed by atoms with Gasteiger partial charge in [0.2, 0.25) is 6.41 Å². The van der Waals surface area contributed by atoms with E-state index in [4.69, 9.17) is 0 Å². The van der Waals surface area contributed by atoms with Gasteiger partial charge in [0.25, 0.3) is 0 Å². The zero-order valence-electron chi connectivity index (χ0n) is 15.9. The molecule has 5 heteroatoms. The second-order valence-electron chi connectivity index (χ2n) is 7.54. The minimum Gasteiger partial charge on any atom is -0.338 e. The normalized spacial score (nSPS) is 11.4. The quantitative estimate of drug-likeness (QED) is 0.657. The molecule has 1 aromatic carbocycles. The molecular formula is C21H24N4O. The number of aryl methyl sites for hydroxylation is 2. The fourth-order valence-electron chi connectivity index (χ4n) is 2.94. The van der Waals surface area contributed by atoms with E-state index in [1.807, 2.05) is 49.1 Å². The summed E-state index contributed by atoms with van der Waals surface area (Å²) in [7, 11) is 1.89. The summed E-state index contributed by atoms with van der Waals surface area (Å²) in [5.74, 6) is 0.604. The van der Waals surface area contributed by atoms with Gasteiger partial charge in [0.1, 0.15) is 0 Å². The summed E-state index contributed by atoms with van der Waals surface area (Å²) in [4.78, 5) is 22.3. The molecule has 0 saturated carbocycles. The van der Waals surface area contributed by atoms with Gasteiger partial charge in [0.15, 0.2) is 5.82 Å². The molecule has 3 rings (SSSR count). The van der Waals surface area contributed by atoms with Crippen molar-refractivity contribution in [1.82, 2.24) is 14.5 Å². The van der Waals surface area contributed by atoms with Gasteiger partial charge < -0.3 is 4.57 Å². The molecule has 5 nitrogen and oxygen atoms in total. The molecule has 0 saturated heterocycles. The molecule has 0 N–H and O–H groups in total. The highest BCUT2D eigenvalue weighted by Gasteiger charge is 2.23. The van der Waals surface area contributed by atoms with Crippen LogP contribution >= 0.6 is 0 Å². The Morgan fingerprint density at radius 2 is 1.81 bits per heavy atom. The van der Waals surface area contributed by atoms with Gasteiger partial charge in [0.05, 0.1) is 12.0 Å². The number of hydrogen-bond donors (Lipinski definition) is 0. The van der Waals surface area contributed by atoms with Crippen LogP contribution in [0.2, 0.25) is 0 Å². The van der Waals surface area contributed by atoms with Crippen LogP contribution in [-0.4, -0.2) is 20.9 Å². The number of nitrogens with zero attached hydrogens (tertiary/aromatic N) is 4. The molecular weight excluding hydrogens is 324 g/mol. The molecule has 0 spiro atoms. The van der Waals surface area contributed by atoms with E-state index in [0.29, 0.717) is 5.82 Å². The highest BCUT2D eigenvalue weighted by Crippen LogP contribution is 2.37. The second kappa shape index (κ2) is 6.75. The van der Waals surface area contributed by atoms with Crippen molar-refractivity contribution in [2.24, 2.45) is 7.05 Å². The van der Waals surface area contributed by atoms with E-state index in [-0.39, 0.29) is 5.41 Å². The molecule has 26 heavy (non-hydrogen) atoms. The summed E-state index contributed by atoms with van der Waals surface area (Å²) < 4.78 is 1.83. The number of anilines is 2. The van der Waals surface area contributed by atoms with Crippen molar-refractivity contribution >= 4 is 17.9 Å². The van der Waals surface area contributed by atoms with E-state index in [1.54, 1.807) is 11.2 Å². The predicted octanol–water partition coefficient (Wildman–Crippen LogP) is 4.38. The number of benzene rings is 1. The van der Waals surface area contributed by atoms with Crippen molar-refractivity contribution in [3.05, 3.63) is 60.3 Å². The Bertz CT molecular complexity index is 920. The van der Waals surface area contributed by atoms with E-state index in [0.717, 1.165) is 34.5 Å². The van der Waals surface area contributed by atoms with Crippen molar-refractivity contribution in [2.75, 3.05) is 4.90 Å². The molecule has 0 unspecified atom stereocenters. The first-order valence-corrected chi connectivity index (χ1v) is 8.59. The van der Waals surface area contributed by atoms with Crippen molar-refractivity contribution in [1.29, 1.82) is 0 Å². The smallest absolute Gasteiger partial charge is 0.219 e. The Hall–Kier alpha value is -2.95. The number of pyridine rings is 1. The molecule has 0 aliphatic rings. The minimum absolute atomic E-state index is 0.116. The summed E-state index contributed by atoms with van der Waals surface area (Å²) in [5.41, 5.74) is 4.81. The Morgan fingerprint density at radius 1 is 1.08 bits per heavy atom. The molecule has 0 aliphatic carbocycles. The summed E-state index contributed by atoms with van der Waals surface area (Å²) >= 11 is 0. The van der Waals surface area contributed by atoms with Gasteiger partial charge in [-0.05, 0) is 35.6 Å². The summed E-state index contributed by atoms with van der Waals surface area (Å²) in [6.07, 6.45) is 6.21. The fourth-order valence-corrected chi connectivity index (χ4v) is 2.94. The van der Waals surface area contributed by atoms with Crippen molar-refractivity contribution in [3.63, 3.8) is 0 Å². The Morgan fingerprint density at radius 3 is 2.35 bits per heavy atom. The number of rotatable bonds is 4. The van der Waals surface area contributed by atoms with Crippen LogP contribution in [0.15, 0.2) is 49.1 Å². The van der Waals surface area contributed by atoms with Crippen LogP contribution in [0.3, 0.4) is 0 Å². The second-order valence-corrected chi connectivity index (χ2v) is 7.54. The molecule has 0 aliphatic heterocycles. The molecule has 3 aromatic rings. The summed E-state index contributed by atoms with van der Waals surface area (Å²) in [6, 6.07) is 10.2. The highest BCUT2D eigenvalue weighted by atomic mass is 16.1. The van der Waals surface area contributed by atoms with E-state index >= 15 is 0 Å². The molecule has 0 fully saturated rings. The average Bonchev–Trinajstić information content (AvgIpc) is 3.01. The van der Waals surface area contributed by atoms with Crippen LogP contribution in [0.25, 0.3) is 11.1 Å². The Balaban J connectivity index is 2.17. The monoisotopic (exact) mass is 348 g/mol. The zero-order chi connectivity index (χ0) is 18.9. The third-order valence-electron chi connectivity index (χ3n) is 4.35. The molecule has 0 atom stereocenters. The lowest BCUT2D eigenvalue weighted by Gasteiger charge is -2.27. The van der Waals surface area contributed by atoms with Gasteiger partial charge in [-0.15, -0.1) is 0 Å². The van der Waals surface area contributed by atoms with Crippen LogP contribution in [0.5, 0.6) is 0 Å². The third-order valence-corrected chi connectivity index (χ3v) is 4.35. The molecule has 2 heterocycles. The first kappa shape index (κ1) is 17.9. The fraction of sp³-hybridized carbons (Fsp3) is 0.286. The Kier molecular flexibility index (Phi) is 4.64. The number of carbonyl (C=O) groups excluding carboxylic acids is 1. The summed E-state index contributed by atoms with van der Waals surface area (Å²) in [5, 5.41) is 0. The van der Waals surface area contributed by atoms with Crippen molar-refractivity contribution in [3.8, 4) is 11.1 Å². The van der Waals surface area contributed by atoms with Gasteiger partial charge in [-0.1, -0.05) is 39.0 Å². The number of carbonyl (C=O) groups is 1. The minimum atomic E-state index is -0.116. The molecule has 0 bridgehead atoms. The van der Waals surface area contributed by atoms with Crippen LogP contribution in [0.1, 0.15) is 32.0 Å². The average molecular weight is 348 g/mol. The van der Waals surface area contributed by atoms with Crippen molar-refractivity contribution < 1.29 is 4.79 Å². The maximum Gasteiger partial charge on any atom is 0.219 e. The number of hydrogen-bond acceptors (Lipinski definition) is 3. The molecule has 2 aromatic heterocycles. The zero-order valence-corrected chi connectivity index (χ0v) is 15.9. The maximum atomic E-state index is 12.0. The van der Waals surface area contributed by atoms with Crippen LogP contribution < -0.4 is 4.90 Å². The topological polar surface area (TPSA) is 51.0 Å². The summed E-state index contributed by atoms with van der Waals surface area (Å²) in [6.45, 7) is 8.38. The molecule has 0 radical (unpaired) electrons. The standard InChI is InChI=1S/C21H24N4O/c1-15-6-7-17(11-22-15)16-8-9-18(21(2,3)4)19(10-16)25(14-26)20-12-24(5)13-23-20/h6-14H,1-5H3. The van der Waals surface area contributed by atoms with E-state index in [9.17, 15) is 4.79 Å². The van der Waals surface area contributed by atoms with E-state index in [1.165, 1.54) is 0 Å². The molecule has 1 amide bonds. The Labute approximate surface area is 154 Å². The van der Waals surface area contributed by atoms with Crippen LogP contribution in [0.4, 0.5) is 11.5 Å². The van der Waals surface area contributed by atoms with Gasteiger partial charge in [-0.25, -0.2) is 4.98 Å². The van der Waals surface area contributed by atoms with Gasteiger partial charge in [-0.2, -0.15) is 0 Å². The SMILES string of the molecule is Cc1ccc(-c2ccc(C(C)(C)C)c(N(C=O)c3cn(C)cn3)c2)cn1. The van der Waals surface area contributed by atoms with E-state index in [2.05, 4.69) is 42.9 Å². The molecule has 134 valence electrons. The number of amides is 1. The van der Waals surface area contributed by atoms with Gasteiger partial charge >= 0.3 is 0 Å². The van der Waals surface area contributed by atoms with Gasteiger partial charge in [-0.3, -0.25) is 14.7 Å². The van der Waals surface area contributed by atoms with Gasteiger partial charge in [0, 0.05) is 30.7 Å². The predicted molar refractivity (Wildman–Crippen MR) is 105 cm³/mol. The lowest BCUT2D eigenvalue weighted by atomic mass is 9.84. The van der Waals surface area contributed by atoms with E-state index < -0.39 is 0 Å². The maximum absolute atomic E-state index is 12.0. The lowest BCUT2D eigenvalue weighted by molar-refractivity contribution is -0.106. The first-order chi connectivity index (χ1) is 12.3. The van der Waals surface area contributed by atoms with Crippen molar-refractivity contribution in [2.45, 2.75) is 33.1 Å². The first-order valence-electron chi connectivity index (χ1n) is 8.59. The third kappa shape index (κ3) is 3.52. The number of imidazole rings is 1. The largest absolute Gasteiger partial charge is 0.338 e. The number of aromatic nitrogens is 3. The highest BCUT2D eigenvalue weighted by molar-refractivity contribution is 5.88. The van der Waals surface area contributed by atoms with Crippen LogP contribution in [0, 0.1) is 6.92 Å². The van der Waals surface area contributed by atoms with Crippen LogP contribution in [-0.2, 0) is 17.3 Å².